The maximum absolute atomic E-state index is 12.7. The number of fused-ring (bicyclic) bond motifs is 3. The zero-order chi connectivity index (χ0) is 20.5. The van der Waals surface area contributed by atoms with Crippen LogP contribution in [0.1, 0.15) is 23.1 Å². The summed E-state index contributed by atoms with van der Waals surface area (Å²) >= 11 is 6.05. The van der Waals surface area contributed by atoms with E-state index < -0.39 is 5.97 Å². The van der Waals surface area contributed by atoms with Crippen LogP contribution >= 0.6 is 11.6 Å². The number of rotatable bonds is 5. The van der Waals surface area contributed by atoms with E-state index in [1.165, 1.54) is 19.2 Å². The van der Waals surface area contributed by atoms with Crippen LogP contribution < -0.4 is 10.3 Å². The highest BCUT2D eigenvalue weighted by molar-refractivity contribution is 6.30. The van der Waals surface area contributed by atoms with Crippen molar-refractivity contribution in [2.24, 2.45) is 0 Å². The minimum Gasteiger partial charge on any atom is -0.485 e. The fourth-order valence-electron chi connectivity index (χ4n) is 3.23. The summed E-state index contributed by atoms with van der Waals surface area (Å²) in [6.07, 6.45) is 0. The standard InChI is InChI=1S/C20H17ClN4O4/c1-3-24-18(26)13-6-4-5-7-15(13)25-17(22-23-20(24)25)11-29-16-10-12(21)8-9-14(16)19(27)28-2/h4-10H,3,11H2,1-2H3. The molecule has 0 saturated heterocycles. The van der Waals surface area contributed by atoms with Crippen molar-refractivity contribution in [3.05, 3.63) is 69.2 Å². The lowest BCUT2D eigenvalue weighted by atomic mass is 10.2. The first-order valence-electron chi connectivity index (χ1n) is 8.91. The first-order chi connectivity index (χ1) is 14.0. The van der Waals surface area contributed by atoms with Crippen LogP contribution in [0.2, 0.25) is 5.02 Å². The van der Waals surface area contributed by atoms with Gasteiger partial charge in [0.05, 0.1) is 18.0 Å². The van der Waals surface area contributed by atoms with Crippen molar-refractivity contribution in [1.82, 2.24) is 19.2 Å². The van der Waals surface area contributed by atoms with Crippen molar-refractivity contribution in [3.8, 4) is 5.75 Å². The molecule has 0 N–H and O–H groups in total. The van der Waals surface area contributed by atoms with Gasteiger partial charge in [-0.2, -0.15) is 0 Å². The van der Waals surface area contributed by atoms with Gasteiger partial charge in [-0.25, -0.2) is 4.79 Å². The number of methoxy groups -OCH3 is 1. The van der Waals surface area contributed by atoms with Gasteiger partial charge in [0.2, 0.25) is 5.78 Å². The molecule has 0 aliphatic carbocycles. The van der Waals surface area contributed by atoms with Crippen molar-refractivity contribution < 1.29 is 14.3 Å². The first-order valence-corrected chi connectivity index (χ1v) is 9.29. The summed E-state index contributed by atoms with van der Waals surface area (Å²) in [7, 11) is 1.29. The van der Waals surface area contributed by atoms with Crippen molar-refractivity contribution in [2.75, 3.05) is 7.11 Å². The third-order valence-electron chi connectivity index (χ3n) is 4.60. The summed E-state index contributed by atoms with van der Waals surface area (Å²) in [4.78, 5) is 24.7. The molecule has 9 heteroatoms. The Labute approximate surface area is 170 Å². The third kappa shape index (κ3) is 3.21. The van der Waals surface area contributed by atoms with Gasteiger partial charge in [0.25, 0.3) is 5.56 Å². The second kappa shape index (κ2) is 7.56. The molecular weight excluding hydrogens is 396 g/mol. The van der Waals surface area contributed by atoms with Gasteiger partial charge in [-0.15, -0.1) is 10.2 Å². The highest BCUT2D eigenvalue weighted by atomic mass is 35.5. The molecule has 4 rings (SSSR count). The predicted octanol–water partition coefficient (Wildman–Crippen LogP) is 3.08. The lowest BCUT2D eigenvalue weighted by molar-refractivity contribution is 0.0595. The second-order valence-corrected chi connectivity index (χ2v) is 6.68. The molecule has 0 radical (unpaired) electrons. The highest BCUT2D eigenvalue weighted by Gasteiger charge is 2.18. The number of nitrogens with zero attached hydrogens (tertiary/aromatic N) is 4. The Morgan fingerprint density at radius 2 is 1.97 bits per heavy atom. The Hall–Kier alpha value is -3.39. The van der Waals surface area contributed by atoms with E-state index in [1.54, 1.807) is 21.1 Å². The second-order valence-electron chi connectivity index (χ2n) is 6.24. The van der Waals surface area contributed by atoms with E-state index in [9.17, 15) is 9.59 Å². The maximum Gasteiger partial charge on any atom is 0.341 e. The van der Waals surface area contributed by atoms with Crippen molar-refractivity contribution in [2.45, 2.75) is 20.1 Å². The average molecular weight is 413 g/mol. The van der Waals surface area contributed by atoms with Gasteiger partial charge in [0, 0.05) is 11.6 Å². The van der Waals surface area contributed by atoms with E-state index in [-0.39, 0.29) is 23.5 Å². The maximum atomic E-state index is 12.7. The van der Waals surface area contributed by atoms with Crippen LogP contribution in [0.3, 0.4) is 0 Å². The minimum atomic E-state index is -0.534. The topological polar surface area (TPSA) is 87.7 Å². The zero-order valence-electron chi connectivity index (χ0n) is 15.8. The summed E-state index contributed by atoms with van der Waals surface area (Å²) in [5.41, 5.74) is 0.805. The van der Waals surface area contributed by atoms with Gasteiger partial charge < -0.3 is 9.47 Å². The van der Waals surface area contributed by atoms with E-state index in [4.69, 9.17) is 21.1 Å². The molecule has 2 aromatic carbocycles. The van der Waals surface area contributed by atoms with Gasteiger partial charge in [-0.05, 0) is 37.3 Å². The summed E-state index contributed by atoms with van der Waals surface area (Å²) < 4.78 is 14.0. The number of benzene rings is 2. The summed E-state index contributed by atoms with van der Waals surface area (Å²) in [5, 5.41) is 9.37. The number of carbonyl (C=O) groups excluding carboxylic acids is 1. The van der Waals surface area contributed by atoms with Crippen LogP contribution in [0.25, 0.3) is 16.7 Å². The molecule has 0 fully saturated rings. The van der Waals surface area contributed by atoms with Crippen LogP contribution in [0.4, 0.5) is 0 Å². The number of ether oxygens (including phenoxy) is 2. The minimum absolute atomic E-state index is 0.0113. The normalized spacial score (nSPS) is 11.1. The third-order valence-corrected chi connectivity index (χ3v) is 4.83. The van der Waals surface area contributed by atoms with E-state index in [1.807, 2.05) is 25.1 Å². The fourth-order valence-corrected chi connectivity index (χ4v) is 3.39. The summed E-state index contributed by atoms with van der Waals surface area (Å²) in [5.74, 6) is 0.644. The number of carbonyl (C=O) groups is 1. The molecule has 2 heterocycles. The van der Waals surface area contributed by atoms with Gasteiger partial charge in [-0.3, -0.25) is 13.8 Å². The molecule has 4 aromatic rings. The number of para-hydroxylation sites is 1. The Morgan fingerprint density at radius 3 is 2.72 bits per heavy atom. The lowest BCUT2D eigenvalue weighted by Crippen LogP contribution is -2.22. The molecule has 0 bridgehead atoms. The molecule has 148 valence electrons. The molecule has 29 heavy (non-hydrogen) atoms. The van der Waals surface area contributed by atoms with E-state index in [0.717, 1.165) is 0 Å². The van der Waals surface area contributed by atoms with Crippen LogP contribution in [0.5, 0.6) is 5.75 Å². The number of hydrogen-bond donors (Lipinski definition) is 0. The molecular formula is C20H17ClN4O4. The smallest absolute Gasteiger partial charge is 0.341 e. The monoisotopic (exact) mass is 412 g/mol. The number of halogens is 1. The Bertz CT molecular complexity index is 1300. The fraction of sp³-hybridized carbons (Fsp3) is 0.200. The lowest BCUT2D eigenvalue weighted by Gasteiger charge is -2.12. The molecule has 8 nitrogen and oxygen atoms in total. The predicted molar refractivity (Wildman–Crippen MR) is 108 cm³/mol. The molecule has 0 atom stereocenters. The highest BCUT2D eigenvalue weighted by Crippen LogP contribution is 2.25. The van der Waals surface area contributed by atoms with Gasteiger partial charge in [-0.1, -0.05) is 23.7 Å². The van der Waals surface area contributed by atoms with E-state index in [2.05, 4.69) is 10.2 Å². The average Bonchev–Trinajstić information content (AvgIpc) is 3.16. The van der Waals surface area contributed by atoms with Crippen LogP contribution in [-0.2, 0) is 17.9 Å². The molecule has 0 unspecified atom stereocenters. The van der Waals surface area contributed by atoms with Crippen LogP contribution in [-0.4, -0.2) is 32.2 Å². The van der Waals surface area contributed by atoms with Gasteiger partial charge in [0.15, 0.2) is 5.82 Å². The van der Waals surface area contributed by atoms with Crippen molar-refractivity contribution in [3.63, 3.8) is 0 Å². The largest absolute Gasteiger partial charge is 0.485 e. The SMILES string of the molecule is CCn1c(=O)c2ccccc2n2c(COc3cc(Cl)ccc3C(=O)OC)nnc12. The summed E-state index contributed by atoms with van der Waals surface area (Å²) in [6.45, 7) is 2.33. The van der Waals surface area contributed by atoms with Crippen molar-refractivity contribution >= 4 is 34.3 Å². The molecule has 0 aliphatic heterocycles. The van der Waals surface area contributed by atoms with Crippen LogP contribution in [0, 0.1) is 0 Å². The zero-order valence-corrected chi connectivity index (χ0v) is 16.5. The molecule has 0 aliphatic rings. The Kier molecular flexibility index (Phi) is 4.94. The molecule has 0 saturated carbocycles. The molecule has 0 spiro atoms. The van der Waals surface area contributed by atoms with E-state index >= 15 is 0 Å². The van der Waals surface area contributed by atoms with Gasteiger partial charge in [0.1, 0.15) is 17.9 Å². The van der Waals surface area contributed by atoms with Crippen LogP contribution in [0.15, 0.2) is 47.3 Å². The quantitative estimate of drug-likeness (QED) is 0.468. The molecule has 2 aromatic heterocycles. The number of hydrogen-bond acceptors (Lipinski definition) is 6. The summed E-state index contributed by atoms with van der Waals surface area (Å²) in [6, 6.07) is 11.9. The Balaban J connectivity index is 1.81. The molecule has 0 amide bonds. The van der Waals surface area contributed by atoms with Crippen molar-refractivity contribution in [1.29, 1.82) is 0 Å². The number of aromatic nitrogens is 4. The number of esters is 1. The number of aryl methyl sites for hydroxylation is 1. The first kappa shape index (κ1) is 18.9. The van der Waals surface area contributed by atoms with Gasteiger partial charge >= 0.3 is 5.97 Å². The van der Waals surface area contributed by atoms with E-state index in [0.29, 0.717) is 34.1 Å². The Morgan fingerprint density at radius 1 is 1.17 bits per heavy atom.